The Bertz CT molecular complexity index is 358. The summed E-state index contributed by atoms with van der Waals surface area (Å²) in [6, 6.07) is -0.677. The van der Waals surface area contributed by atoms with Crippen LogP contribution in [0, 0.1) is 0 Å². The molecule has 0 atom stereocenters. The maximum atomic E-state index is 13.0. The van der Waals surface area contributed by atoms with Gasteiger partial charge in [0.1, 0.15) is 5.54 Å². The summed E-state index contributed by atoms with van der Waals surface area (Å²) in [6.07, 6.45) is 4.86. The molecular formula is C12H18F2N2O2. The highest BCUT2D eigenvalue weighted by molar-refractivity contribution is 6.07. The van der Waals surface area contributed by atoms with E-state index in [1.807, 2.05) is 0 Å². The third-order valence-corrected chi connectivity index (χ3v) is 3.64. The number of alkyl halides is 2. The number of rotatable bonds is 2. The van der Waals surface area contributed by atoms with E-state index in [9.17, 15) is 18.4 Å². The van der Waals surface area contributed by atoms with Gasteiger partial charge in [0.25, 0.3) is 11.8 Å². The van der Waals surface area contributed by atoms with Crippen LogP contribution in [0.25, 0.3) is 0 Å². The minimum absolute atomic E-state index is 0.476. The van der Waals surface area contributed by atoms with Crippen LogP contribution in [-0.4, -0.2) is 34.8 Å². The van der Waals surface area contributed by atoms with Crippen LogP contribution in [0.3, 0.4) is 0 Å². The lowest BCUT2D eigenvalue weighted by molar-refractivity contribution is -0.135. The van der Waals surface area contributed by atoms with Gasteiger partial charge in [0.15, 0.2) is 0 Å². The first-order valence-corrected chi connectivity index (χ1v) is 6.36. The normalized spacial score (nSPS) is 24.3. The van der Waals surface area contributed by atoms with Crippen LogP contribution in [0.5, 0.6) is 0 Å². The third-order valence-electron chi connectivity index (χ3n) is 3.64. The molecule has 102 valence electrons. The van der Waals surface area contributed by atoms with Crippen LogP contribution in [0.15, 0.2) is 0 Å². The highest BCUT2D eigenvalue weighted by atomic mass is 19.3. The van der Waals surface area contributed by atoms with Crippen molar-refractivity contribution in [3.8, 4) is 0 Å². The van der Waals surface area contributed by atoms with Gasteiger partial charge in [-0.05, 0) is 12.8 Å². The fourth-order valence-electron chi connectivity index (χ4n) is 2.77. The summed E-state index contributed by atoms with van der Waals surface area (Å²) in [6.45, 7) is -0.120. The second-order valence-electron chi connectivity index (χ2n) is 5.39. The van der Waals surface area contributed by atoms with Gasteiger partial charge < -0.3 is 5.32 Å². The smallest absolute Gasteiger partial charge is 0.323 e. The van der Waals surface area contributed by atoms with E-state index in [0.29, 0.717) is 24.7 Å². The second kappa shape index (κ2) is 4.48. The lowest BCUT2D eigenvalue weighted by Gasteiger charge is -2.25. The van der Waals surface area contributed by atoms with Crippen molar-refractivity contribution in [3.05, 3.63) is 0 Å². The predicted molar refractivity (Wildman–Crippen MR) is 61.3 cm³/mol. The van der Waals surface area contributed by atoms with E-state index in [4.69, 9.17) is 0 Å². The second-order valence-corrected chi connectivity index (χ2v) is 5.39. The van der Waals surface area contributed by atoms with E-state index in [1.54, 1.807) is 0 Å². The largest absolute Gasteiger partial charge is 0.325 e. The molecule has 0 aromatic heterocycles. The molecule has 1 heterocycles. The molecule has 1 aliphatic carbocycles. The highest BCUT2D eigenvalue weighted by Crippen LogP contribution is 2.33. The predicted octanol–water partition coefficient (Wildman–Crippen LogP) is 2.29. The molecule has 2 rings (SSSR count). The van der Waals surface area contributed by atoms with Crippen molar-refractivity contribution in [2.45, 2.75) is 56.9 Å². The number of carbonyl (C=O) groups is 2. The number of hydrogen-bond acceptors (Lipinski definition) is 2. The summed E-state index contributed by atoms with van der Waals surface area (Å²) >= 11 is 0. The van der Waals surface area contributed by atoms with Gasteiger partial charge in [0.2, 0.25) is 0 Å². The molecule has 0 aromatic carbocycles. The number of nitrogens with one attached hydrogen (secondary N) is 1. The Hall–Kier alpha value is -1.20. The van der Waals surface area contributed by atoms with Crippen molar-refractivity contribution in [2.75, 3.05) is 6.54 Å². The number of halogens is 2. The van der Waals surface area contributed by atoms with Crippen molar-refractivity contribution in [1.82, 2.24) is 10.2 Å². The summed E-state index contributed by atoms with van der Waals surface area (Å²) < 4.78 is 26.0. The van der Waals surface area contributed by atoms with Crippen molar-refractivity contribution < 1.29 is 18.4 Å². The molecule has 2 aliphatic rings. The van der Waals surface area contributed by atoms with E-state index in [0.717, 1.165) is 25.7 Å². The molecule has 1 saturated heterocycles. The molecular weight excluding hydrogens is 242 g/mol. The van der Waals surface area contributed by atoms with Gasteiger partial charge in [-0.3, -0.25) is 9.69 Å². The number of imide groups is 1. The van der Waals surface area contributed by atoms with Gasteiger partial charge >= 0.3 is 6.03 Å². The molecule has 0 bridgehead atoms. The molecule has 3 amide bonds. The van der Waals surface area contributed by atoms with Gasteiger partial charge in [-0.1, -0.05) is 25.7 Å². The zero-order valence-corrected chi connectivity index (χ0v) is 10.5. The van der Waals surface area contributed by atoms with Gasteiger partial charge in [-0.25, -0.2) is 13.6 Å². The monoisotopic (exact) mass is 260 g/mol. The van der Waals surface area contributed by atoms with Gasteiger partial charge in [0.05, 0.1) is 6.54 Å². The van der Waals surface area contributed by atoms with Crippen LogP contribution in [-0.2, 0) is 4.79 Å². The van der Waals surface area contributed by atoms with Crippen molar-refractivity contribution in [1.29, 1.82) is 0 Å². The lowest BCUT2D eigenvalue weighted by Crippen LogP contribution is -2.47. The first-order chi connectivity index (χ1) is 8.34. The Morgan fingerprint density at radius 1 is 1.22 bits per heavy atom. The molecule has 2 fully saturated rings. The molecule has 0 unspecified atom stereocenters. The quantitative estimate of drug-likeness (QED) is 0.774. The minimum Gasteiger partial charge on any atom is -0.323 e. The summed E-state index contributed by atoms with van der Waals surface area (Å²) in [5, 5.41) is 2.64. The maximum Gasteiger partial charge on any atom is 0.325 e. The van der Waals surface area contributed by atoms with E-state index < -0.39 is 29.9 Å². The molecule has 0 radical (unpaired) electrons. The minimum atomic E-state index is -3.05. The molecule has 6 heteroatoms. The van der Waals surface area contributed by atoms with Crippen LogP contribution in [0.4, 0.5) is 13.6 Å². The summed E-state index contributed by atoms with van der Waals surface area (Å²) in [5.74, 6) is -3.53. The molecule has 4 nitrogen and oxygen atoms in total. The van der Waals surface area contributed by atoms with E-state index >= 15 is 0 Å². The lowest BCUT2D eigenvalue weighted by atomic mass is 9.90. The van der Waals surface area contributed by atoms with Crippen LogP contribution >= 0.6 is 0 Å². The fourth-order valence-corrected chi connectivity index (χ4v) is 2.77. The van der Waals surface area contributed by atoms with Crippen LogP contribution < -0.4 is 5.32 Å². The Labute approximate surface area is 105 Å². The van der Waals surface area contributed by atoms with Crippen molar-refractivity contribution >= 4 is 11.9 Å². The molecule has 1 saturated carbocycles. The Kier molecular flexibility index (Phi) is 3.29. The average Bonchev–Trinajstić information content (AvgIpc) is 2.47. The van der Waals surface area contributed by atoms with Crippen molar-refractivity contribution in [3.63, 3.8) is 0 Å². The maximum absolute atomic E-state index is 13.0. The number of hydrogen-bond donors (Lipinski definition) is 1. The first kappa shape index (κ1) is 13.2. The third kappa shape index (κ3) is 2.47. The zero-order valence-electron chi connectivity index (χ0n) is 10.5. The SMILES string of the molecule is CC(F)(F)CN1C(=O)NC2(CCCCCC2)C1=O. The highest BCUT2D eigenvalue weighted by Gasteiger charge is 2.52. The zero-order chi connectivity index (χ0) is 13.4. The van der Waals surface area contributed by atoms with E-state index in [1.165, 1.54) is 0 Å². The summed E-state index contributed by atoms with van der Waals surface area (Å²) in [7, 11) is 0. The number of amides is 3. The van der Waals surface area contributed by atoms with Crippen molar-refractivity contribution in [2.24, 2.45) is 0 Å². The van der Waals surface area contributed by atoms with Crippen LogP contribution in [0.2, 0.25) is 0 Å². The van der Waals surface area contributed by atoms with Gasteiger partial charge in [-0.2, -0.15) is 0 Å². The topological polar surface area (TPSA) is 49.4 Å². The average molecular weight is 260 g/mol. The summed E-state index contributed by atoms with van der Waals surface area (Å²) in [5.41, 5.74) is -0.918. The van der Waals surface area contributed by atoms with E-state index in [-0.39, 0.29) is 0 Å². The first-order valence-electron chi connectivity index (χ1n) is 6.36. The van der Waals surface area contributed by atoms with Crippen LogP contribution in [0.1, 0.15) is 45.4 Å². The Balaban J connectivity index is 2.17. The standard InChI is InChI=1S/C12H18F2N2O2/c1-11(13,14)8-16-9(17)12(15-10(16)18)6-4-2-3-5-7-12/h2-8H2,1H3,(H,15,18). The number of carbonyl (C=O) groups excluding carboxylic acids is 2. The van der Waals surface area contributed by atoms with Gasteiger partial charge in [0, 0.05) is 6.92 Å². The summed E-state index contributed by atoms with van der Waals surface area (Å²) in [4.78, 5) is 24.6. The molecule has 1 N–H and O–H groups in total. The Morgan fingerprint density at radius 2 is 1.78 bits per heavy atom. The molecule has 1 aliphatic heterocycles. The fraction of sp³-hybridized carbons (Fsp3) is 0.833. The Morgan fingerprint density at radius 3 is 2.28 bits per heavy atom. The molecule has 18 heavy (non-hydrogen) atoms. The number of nitrogens with zero attached hydrogens (tertiary/aromatic N) is 1. The number of urea groups is 1. The molecule has 0 aromatic rings. The van der Waals surface area contributed by atoms with Gasteiger partial charge in [-0.15, -0.1) is 0 Å². The molecule has 1 spiro atoms. The van der Waals surface area contributed by atoms with E-state index in [2.05, 4.69) is 5.32 Å².